The quantitative estimate of drug-likeness (QED) is 0.183. The van der Waals surface area contributed by atoms with Gasteiger partial charge in [0.05, 0.1) is 28.4 Å². The minimum absolute atomic E-state index is 0.0210. The van der Waals surface area contributed by atoms with Crippen LogP contribution < -0.4 is 14.4 Å². The van der Waals surface area contributed by atoms with Gasteiger partial charge in [-0.3, -0.25) is 14.5 Å². The van der Waals surface area contributed by atoms with Gasteiger partial charge in [-0.25, -0.2) is 4.98 Å². The lowest BCUT2D eigenvalue weighted by molar-refractivity contribution is -0.132. The Kier molecular flexibility index (Phi) is 6.14. The lowest BCUT2D eigenvalue weighted by atomic mass is 9.94. The number of aliphatic hydroxyl groups excluding tert-OH is 1. The minimum atomic E-state index is -0.879. The van der Waals surface area contributed by atoms with Crippen LogP contribution in [0.25, 0.3) is 16.0 Å². The number of aryl methyl sites for hydroxylation is 2. The Morgan fingerprint density at radius 3 is 2.77 bits per heavy atom. The molecule has 6 rings (SSSR count). The van der Waals surface area contributed by atoms with Crippen molar-refractivity contribution in [3.05, 3.63) is 88.0 Å². The minimum Gasteiger partial charge on any atom is -0.507 e. The van der Waals surface area contributed by atoms with Crippen molar-refractivity contribution >= 4 is 44.1 Å². The monoisotopic (exact) mass is 540 g/mol. The molecule has 1 N–H and O–H groups in total. The number of thiazole rings is 1. The molecule has 1 saturated heterocycles. The van der Waals surface area contributed by atoms with Crippen LogP contribution in [0.1, 0.15) is 47.7 Å². The molecule has 1 amide bonds. The predicted octanol–water partition coefficient (Wildman–Crippen LogP) is 6.26. The molecule has 2 aliphatic heterocycles. The first-order valence-electron chi connectivity index (χ1n) is 13.0. The van der Waals surface area contributed by atoms with Crippen LogP contribution in [0.15, 0.2) is 60.2 Å². The number of Topliss-reactive ketones (excluding diaryl/α,β-unsaturated/α-hetero) is 1. The molecule has 2 aliphatic rings. The number of hydrogen-bond donors (Lipinski definition) is 1. The fourth-order valence-electron chi connectivity index (χ4n) is 5.47. The van der Waals surface area contributed by atoms with E-state index in [2.05, 4.69) is 0 Å². The van der Waals surface area contributed by atoms with Crippen LogP contribution in [-0.2, 0) is 16.0 Å². The van der Waals surface area contributed by atoms with Crippen LogP contribution in [-0.4, -0.2) is 34.5 Å². The molecule has 0 spiro atoms. The summed E-state index contributed by atoms with van der Waals surface area (Å²) >= 11 is 1.36. The van der Waals surface area contributed by atoms with E-state index in [0.717, 1.165) is 32.7 Å². The van der Waals surface area contributed by atoms with E-state index in [4.69, 9.17) is 14.5 Å². The van der Waals surface area contributed by atoms with Gasteiger partial charge in [-0.2, -0.15) is 0 Å². The van der Waals surface area contributed by atoms with Gasteiger partial charge in [0.15, 0.2) is 5.13 Å². The summed E-state index contributed by atoms with van der Waals surface area (Å²) in [4.78, 5) is 33.5. The second-order valence-corrected chi connectivity index (χ2v) is 11.1. The molecule has 7 nitrogen and oxygen atoms in total. The van der Waals surface area contributed by atoms with Crippen molar-refractivity contribution in [2.45, 2.75) is 46.3 Å². The highest BCUT2D eigenvalue weighted by molar-refractivity contribution is 7.22. The Morgan fingerprint density at radius 2 is 1.97 bits per heavy atom. The standard InChI is InChI=1S/C31H28N2O5S/c1-5-37-22-8-6-7-19(15-22)27-25(28(34)20-9-10-23-21(14-20)13-18(4)38-23)29(35)30(36)33(27)31-32-26-17(3)11-16(2)12-24(26)39-31/h6-12,14-15,18,27,34H,5,13H2,1-4H3/b28-25+. The number of aliphatic hydroxyl groups is 1. The second kappa shape index (κ2) is 9.54. The highest BCUT2D eigenvalue weighted by atomic mass is 32.1. The van der Waals surface area contributed by atoms with E-state index in [1.807, 2.05) is 64.1 Å². The smallest absolute Gasteiger partial charge is 0.301 e. The molecular formula is C31H28N2O5S. The number of ketones is 1. The van der Waals surface area contributed by atoms with Gasteiger partial charge in [-0.05, 0) is 86.3 Å². The summed E-state index contributed by atoms with van der Waals surface area (Å²) in [6, 6.07) is 15.8. The van der Waals surface area contributed by atoms with Crippen molar-refractivity contribution in [1.29, 1.82) is 0 Å². The molecule has 1 fully saturated rings. The fourth-order valence-corrected chi connectivity index (χ4v) is 6.64. The molecule has 198 valence electrons. The highest BCUT2D eigenvalue weighted by Crippen LogP contribution is 2.45. The summed E-state index contributed by atoms with van der Waals surface area (Å²) in [7, 11) is 0. The largest absolute Gasteiger partial charge is 0.507 e. The number of fused-ring (bicyclic) bond motifs is 2. The summed E-state index contributed by atoms with van der Waals surface area (Å²) in [5.74, 6) is -0.328. The Morgan fingerprint density at radius 1 is 1.15 bits per heavy atom. The van der Waals surface area contributed by atoms with Gasteiger partial charge in [-0.1, -0.05) is 29.5 Å². The average Bonchev–Trinajstić information content (AvgIpc) is 3.56. The number of anilines is 1. The number of carbonyl (C=O) groups is 2. The van der Waals surface area contributed by atoms with Gasteiger partial charge in [0.25, 0.3) is 5.78 Å². The maximum absolute atomic E-state index is 13.7. The molecule has 1 aromatic heterocycles. The average molecular weight is 541 g/mol. The van der Waals surface area contributed by atoms with E-state index < -0.39 is 17.7 Å². The van der Waals surface area contributed by atoms with Gasteiger partial charge >= 0.3 is 5.91 Å². The molecule has 2 atom stereocenters. The maximum Gasteiger partial charge on any atom is 0.301 e. The molecule has 4 aromatic rings. The zero-order chi connectivity index (χ0) is 27.4. The number of aromatic nitrogens is 1. The molecule has 8 heteroatoms. The summed E-state index contributed by atoms with van der Waals surface area (Å²) in [5.41, 5.74) is 4.96. The Hall–Kier alpha value is -4.17. The van der Waals surface area contributed by atoms with Crippen LogP contribution in [0.4, 0.5) is 5.13 Å². The highest BCUT2D eigenvalue weighted by Gasteiger charge is 2.48. The van der Waals surface area contributed by atoms with Crippen molar-refractivity contribution in [2.75, 3.05) is 11.5 Å². The summed E-state index contributed by atoms with van der Waals surface area (Å²) in [6.07, 6.45) is 0.741. The van der Waals surface area contributed by atoms with Gasteiger partial charge < -0.3 is 14.6 Å². The van der Waals surface area contributed by atoms with Crippen LogP contribution >= 0.6 is 11.3 Å². The Bertz CT molecular complexity index is 1690. The molecule has 0 radical (unpaired) electrons. The fraction of sp³-hybridized carbons (Fsp3) is 0.258. The lowest BCUT2D eigenvalue weighted by Crippen LogP contribution is -2.29. The van der Waals surface area contributed by atoms with E-state index in [1.165, 1.54) is 16.2 Å². The predicted molar refractivity (Wildman–Crippen MR) is 152 cm³/mol. The van der Waals surface area contributed by atoms with Gasteiger partial charge in [0, 0.05) is 12.0 Å². The second-order valence-electron chi connectivity index (χ2n) is 10.1. The molecule has 2 unspecified atom stereocenters. The van der Waals surface area contributed by atoms with Crippen LogP contribution in [0.5, 0.6) is 11.5 Å². The number of rotatable bonds is 5. The third-order valence-corrected chi connectivity index (χ3v) is 8.13. The lowest BCUT2D eigenvalue weighted by Gasteiger charge is -2.23. The number of benzene rings is 3. The molecule has 0 saturated carbocycles. The number of hydrogen-bond acceptors (Lipinski definition) is 7. The normalized spacial score (nSPS) is 19.9. The van der Waals surface area contributed by atoms with E-state index >= 15 is 0 Å². The van der Waals surface area contributed by atoms with Crippen LogP contribution in [0.3, 0.4) is 0 Å². The van der Waals surface area contributed by atoms with Crippen LogP contribution in [0, 0.1) is 13.8 Å². The Balaban J connectivity index is 1.55. The molecule has 3 aromatic carbocycles. The summed E-state index contributed by atoms with van der Waals surface area (Å²) in [6.45, 7) is 8.34. The summed E-state index contributed by atoms with van der Waals surface area (Å²) < 4.78 is 12.5. The van der Waals surface area contributed by atoms with Crippen LogP contribution in [0.2, 0.25) is 0 Å². The van der Waals surface area contributed by atoms with Gasteiger partial charge in [0.1, 0.15) is 23.4 Å². The van der Waals surface area contributed by atoms with E-state index in [9.17, 15) is 14.7 Å². The molecule has 39 heavy (non-hydrogen) atoms. The number of ether oxygens (including phenoxy) is 2. The number of nitrogens with zero attached hydrogens (tertiary/aromatic N) is 2. The first-order valence-corrected chi connectivity index (χ1v) is 13.8. The van der Waals surface area contributed by atoms with Gasteiger partial charge in [-0.15, -0.1) is 0 Å². The Labute approximate surface area is 230 Å². The third-order valence-electron chi connectivity index (χ3n) is 7.12. The van der Waals surface area contributed by atoms with Crippen molar-refractivity contribution in [3.63, 3.8) is 0 Å². The van der Waals surface area contributed by atoms with Crippen molar-refractivity contribution in [3.8, 4) is 11.5 Å². The molecule has 0 aliphatic carbocycles. The zero-order valence-corrected chi connectivity index (χ0v) is 23.0. The zero-order valence-electron chi connectivity index (χ0n) is 22.1. The van der Waals surface area contributed by atoms with Crippen molar-refractivity contribution in [1.82, 2.24) is 4.98 Å². The van der Waals surface area contributed by atoms with Crippen molar-refractivity contribution < 1.29 is 24.2 Å². The first-order chi connectivity index (χ1) is 18.7. The molecular weight excluding hydrogens is 512 g/mol. The molecule has 3 heterocycles. The number of amides is 1. The van der Waals surface area contributed by atoms with E-state index in [-0.39, 0.29) is 17.4 Å². The topological polar surface area (TPSA) is 89.0 Å². The van der Waals surface area contributed by atoms with E-state index in [1.54, 1.807) is 18.2 Å². The third kappa shape index (κ3) is 4.25. The first kappa shape index (κ1) is 25.1. The summed E-state index contributed by atoms with van der Waals surface area (Å²) in [5, 5.41) is 12.0. The van der Waals surface area contributed by atoms with E-state index in [0.29, 0.717) is 35.0 Å². The van der Waals surface area contributed by atoms with Crippen molar-refractivity contribution in [2.24, 2.45) is 0 Å². The molecule has 0 bridgehead atoms. The number of carbonyl (C=O) groups excluding carboxylic acids is 2. The maximum atomic E-state index is 13.7. The SMILES string of the molecule is CCOc1cccc(C2/C(=C(\O)c3ccc4c(c3)CC(C)O4)C(=O)C(=O)N2c2nc3c(C)cc(C)cc3s2)c1. The van der Waals surface area contributed by atoms with Gasteiger partial charge in [0.2, 0.25) is 0 Å².